The number of amides is 1. The monoisotopic (exact) mass is 732 g/mol. The fourth-order valence-electron chi connectivity index (χ4n) is 5.02. The number of halogens is 4. The van der Waals surface area contributed by atoms with Crippen molar-refractivity contribution in [1.29, 1.82) is 0 Å². The van der Waals surface area contributed by atoms with E-state index in [4.69, 9.17) is 26.1 Å². The number of nitrogens with zero attached hydrogens (tertiary/aromatic N) is 3. The van der Waals surface area contributed by atoms with Crippen molar-refractivity contribution < 1.29 is 18.7 Å². The van der Waals surface area contributed by atoms with Gasteiger partial charge in [0.25, 0.3) is 11.5 Å². The lowest BCUT2D eigenvalue weighted by Crippen LogP contribution is -2.25. The molecule has 12 heteroatoms. The highest BCUT2D eigenvalue weighted by Crippen LogP contribution is 2.42. The Kier molecular flexibility index (Phi) is 10.1. The van der Waals surface area contributed by atoms with Crippen molar-refractivity contribution in [2.24, 2.45) is 5.10 Å². The average Bonchev–Trinajstić information content (AvgIpc) is 2.99. The van der Waals surface area contributed by atoms with E-state index in [0.29, 0.717) is 39.1 Å². The molecule has 43 heavy (non-hydrogen) atoms. The number of rotatable bonds is 9. The Balaban J connectivity index is 1.47. The lowest BCUT2D eigenvalue weighted by atomic mass is 9.88. The summed E-state index contributed by atoms with van der Waals surface area (Å²) in [6.45, 7) is 1.71. The van der Waals surface area contributed by atoms with Crippen molar-refractivity contribution in [1.82, 2.24) is 9.66 Å². The average molecular weight is 735 g/mol. The van der Waals surface area contributed by atoms with Crippen LogP contribution in [0.1, 0.15) is 56.3 Å². The molecule has 1 heterocycles. The van der Waals surface area contributed by atoms with Gasteiger partial charge in [-0.05, 0) is 78.2 Å². The molecule has 1 aliphatic carbocycles. The Hall–Kier alpha value is -3.28. The summed E-state index contributed by atoms with van der Waals surface area (Å²) in [5.41, 5.74) is 1.20. The first-order chi connectivity index (χ1) is 20.7. The number of carbonyl (C=O) groups is 1. The number of anilines is 1. The molecular formula is C31H28Br2ClFN4O4. The molecular weight excluding hydrogens is 707 g/mol. The van der Waals surface area contributed by atoms with Crippen molar-refractivity contribution in [3.05, 3.63) is 90.1 Å². The highest BCUT2D eigenvalue weighted by molar-refractivity contribution is 9.10. The van der Waals surface area contributed by atoms with Gasteiger partial charge >= 0.3 is 0 Å². The normalized spacial score (nSPS) is 13.9. The number of ether oxygens (including phenoxy) is 2. The zero-order chi connectivity index (χ0) is 30.5. The van der Waals surface area contributed by atoms with Crippen molar-refractivity contribution in [3.63, 3.8) is 0 Å². The van der Waals surface area contributed by atoms with E-state index in [1.165, 1.54) is 29.1 Å². The highest BCUT2D eigenvalue weighted by atomic mass is 79.9. The maximum atomic E-state index is 13.7. The van der Waals surface area contributed by atoms with Crippen molar-refractivity contribution in [2.75, 3.05) is 18.5 Å². The maximum Gasteiger partial charge on any atom is 0.282 e. The van der Waals surface area contributed by atoms with Crippen LogP contribution in [0, 0.1) is 5.82 Å². The van der Waals surface area contributed by atoms with Gasteiger partial charge in [-0.2, -0.15) is 9.78 Å². The number of fused-ring (bicyclic) bond motifs is 1. The fraction of sp³-hybridized carbons (Fsp3) is 0.290. The molecule has 0 spiro atoms. The Morgan fingerprint density at radius 2 is 1.95 bits per heavy atom. The van der Waals surface area contributed by atoms with E-state index in [0.717, 1.165) is 36.6 Å². The standard InChI is InChI=1S/C31H28Br2ClFN4O4/c1-2-42-25-13-19(27(33)28(34)29(25)43-17-26(40)37-22-10-6-9-21(35)15-22)16-36-39-30(18-7-4-3-5-8-18)38-24-12-11-20(32)14-23(24)31(39)41/h6,9-16,18H,2-5,7-8,17H2,1H3,(H,37,40). The fourth-order valence-corrected chi connectivity index (χ4v) is 6.03. The van der Waals surface area contributed by atoms with E-state index in [2.05, 4.69) is 42.3 Å². The Bertz CT molecular complexity index is 1760. The number of hydrogen-bond acceptors (Lipinski definition) is 6. The van der Waals surface area contributed by atoms with Gasteiger partial charge in [0.2, 0.25) is 0 Å². The molecule has 0 aliphatic heterocycles. The largest absolute Gasteiger partial charge is 0.490 e. The number of aromatic nitrogens is 2. The van der Waals surface area contributed by atoms with Crippen LogP contribution in [0.4, 0.5) is 10.1 Å². The Labute approximate surface area is 269 Å². The van der Waals surface area contributed by atoms with Crippen molar-refractivity contribution in [3.8, 4) is 11.5 Å². The molecule has 224 valence electrons. The number of carbonyl (C=O) groups excluding carboxylic acids is 1. The van der Waals surface area contributed by atoms with Gasteiger partial charge in [-0.3, -0.25) is 9.59 Å². The third-order valence-corrected chi connectivity index (χ3v) is 8.96. The quantitative estimate of drug-likeness (QED) is 0.176. The minimum Gasteiger partial charge on any atom is -0.490 e. The lowest BCUT2D eigenvalue weighted by molar-refractivity contribution is -0.118. The predicted octanol–water partition coefficient (Wildman–Crippen LogP) is 8.06. The molecule has 8 nitrogen and oxygen atoms in total. The van der Waals surface area contributed by atoms with Crippen molar-refractivity contribution >= 4 is 72.2 Å². The number of benzene rings is 3. The summed E-state index contributed by atoms with van der Waals surface area (Å²) in [7, 11) is 0. The zero-order valence-electron chi connectivity index (χ0n) is 23.2. The molecule has 0 atom stereocenters. The molecule has 3 aromatic carbocycles. The van der Waals surface area contributed by atoms with Gasteiger partial charge in [-0.15, -0.1) is 0 Å². The second kappa shape index (κ2) is 14.0. The second-order valence-corrected chi connectivity index (χ2v) is 12.1. The first kappa shape index (κ1) is 31.2. The first-order valence-electron chi connectivity index (χ1n) is 13.8. The Morgan fingerprint density at radius 3 is 2.70 bits per heavy atom. The smallest absolute Gasteiger partial charge is 0.282 e. The molecule has 0 saturated heterocycles. The summed E-state index contributed by atoms with van der Waals surface area (Å²) in [5, 5.41) is 7.81. The van der Waals surface area contributed by atoms with E-state index in [-0.39, 0.29) is 28.0 Å². The molecule has 4 aromatic rings. The van der Waals surface area contributed by atoms with Crippen LogP contribution in [0.5, 0.6) is 11.5 Å². The molecule has 5 rings (SSSR count). The van der Waals surface area contributed by atoms with Gasteiger partial charge in [0.15, 0.2) is 18.1 Å². The summed E-state index contributed by atoms with van der Waals surface area (Å²) >= 11 is 13.6. The third kappa shape index (κ3) is 7.27. The van der Waals surface area contributed by atoms with Crippen LogP contribution in [-0.4, -0.2) is 35.0 Å². The summed E-state index contributed by atoms with van der Waals surface area (Å²) in [6, 6.07) is 12.7. The molecule has 0 radical (unpaired) electrons. The van der Waals surface area contributed by atoms with E-state index >= 15 is 0 Å². The highest BCUT2D eigenvalue weighted by Gasteiger charge is 2.23. The van der Waals surface area contributed by atoms with E-state index < -0.39 is 18.3 Å². The number of nitrogens with one attached hydrogen (secondary N) is 1. The third-order valence-electron chi connectivity index (χ3n) is 7.03. The maximum absolute atomic E-state index is 13.7. The molecule has 1 saturated carbocycles. The van der Waals surface area contributed by atoms with Crippen LogP contribution in [-0.2, 0) is 4.79 Å². The molecule has 1 aromatic heterocycles. The van der Waals surface area contributed by atoms with Gasteiger partial charge in [-0.1, -0.05) is 52.9 Å². The minimum atomic E-state index is -0.504. The lowest BCUT2D eigenvalue weighted by Gasteiger charge is -2.23. The zero-order valence-corrected chi connectivity index (χ0v) is 27.1. The molecule has 0 bridgehead atoms. The van der Waals surface area contributed by atoms with E-state index in [9.17, 15) is 14.0 Å². The first-order valence-corrected chi connectivity index (χ1v) is 15.8. The SMILES string of the molecule is CCOc1cc(C=Nn2c(C3CCCCC3)nc3ccc(Br)cc3c2=O)c(Br)c(Cl)c1OCC(=O)Nc1cccc(F)c1. The molecule has 1 amide bonds. The molecule has 1 aliphatic rings. The van der Waals surface area contributed by atoms with E-state index in [1.54, 1.807) is 25.1 Å². The van der Waals surface area contributed by atoms with Crippen LogP contribution in [0.2, 0.25) is 5.02 Å². The van der Waals surface area contributed by atoms with Crippen LogP contribution in [0.15, 0.2) is 67.4 Å². The topological polar surface area (TPSA) is 94.8 Å². The van der Waals surface area contributed by atoms with Crippen LogP contribution in [0.3, 0.4) is 0 Å². The molecule has 0 unspecified atom stereocenters. The van der Waals surface area contributed by atoms with Gasteiger partial charge < -0.3 is 14.8 Å². The number of hydrogen-bond donors (Lipinski definition) is 1. The van der Waals surface area contributed by atoms with Gasteiger partial charge in [0.05, 0.1) is 23.7 Å². The van der Waals surface area contributed by atoms with E-state index in [1.807, 2.05) is 12.1 Å². The van der Waals surface area contributed by atoms with Crippen LogP contribution in [0.25, 0.3) is 10.9 Å². The predicted molar refractivity (Wildman–Crippen MR) is 173 cm³/mol. The van der Waals surface area contributed by atoms with Gasteiger partial charge in [0.1, 0.15) is 16.7 Å². The summed E-state index contributed by atoms with van der Waals surface area (Å²) in [6.07, 6.45) is 6.71. The summed E-state index contributed by atoms with van der Waals surface area (Å²) in [4.78, 5) is 31.0. The molecule has 1 fully saturated rings. The summed E-state index contributed by atoms with van der Waals surface area (Å²) in [5.74, 6) is 0.215. The van der Waals surface area contributed by atoms with Crippen LogP contribution < -0.4 is 20.3 Å². The Morgan fingerprint density at radius 1 is 1.16 bits per heavy atom. The van der Waals surface area contributed by atoms with Gasteiger partial charge in [-0.25, -0.2) is 9.37 Å². The van der Waals surface area contributed by atoms with Gasteiger partial charge in [0, 0.05) is 26.1 Å². The second-order valence-electron chi connectivity index (χ2n) is 10.0. The van der Waals surface area contributed by atoms with Crippen LogP contribution >= 0.6 is 43.5 Å². The molecule has 1 N–H and O–H groups in total. The van der Waals surface area contributed by atoms with Crippen molar-refractivity contribution in [2.45, 2.75) is 44.9 Å². The minimum absolute atomic E-state index is 0.118. The summed E-state index contributed by atoms with van der Waals surface area (Å²) < 4.78 is 27.6.